The number of para-hydroxylation sites is 1. The highest BCUT2D eigenvalue weighted by Gasteiger charge is 2.18. The van der Waals surface area contributed by atoms with Crippen LogP contribution in [-0.4, -0.2) is 54.2 Å². The van der Waals surface area contributed by atoms with Gasteiger partial charge in [0.2, 0.25) is 0 Å². The number of hydrogen-bond acceptors (Lipinski definition) is 3. The highest BCUT2D eigenvalue weighted by molar-refractivity contribution is 9.10. The van der Waals surface area contributed by atoms with Crippen molar-refractivity contribution >= 4 is 38.9 Å². The van der Waals surface area contributed by atoms with E-state index in [0.717, 1.165) is 53.7 Å². The van der Waals surface area contributed by atoms with Crippen molar-refractivity contribution in [1.29, 1.82) is 0 Å². The molecule has 6 heteroatoms. The van der Waals surface area contributed by atoms with E-state index >= 15 is 0 Å². The maximum Gasteiger partial charge on any atom is 0.173 e. The molecule has 0 saturated carbocycles. The summed E-state index contributed by atoms with van der Waals surface area (Å²) in [6, 6.07) is 18.0. The van der Waals surface area contributed by atoms with Crippen molar-refractivity contribution in [3.63, 3.8) is 0 Å². The van der Waals surface area contributed by atoms with Gasteiger partial charge in [0.25, 0.3) is 0 Å². The van der Waals surface area contributed by atoms with E-state index in [2.05, 4.69) is 31.0 Å². The first-order valence-corrected chi connectivity index (χ1v) is 9.62. The van der Waals surface area contributed by atoms with Gasteiger partial charge in [-0.3, -0.25) is 4.90 Å². The average Bonchev–Trinajstić information content (AvgIpc) is 2.63. The lowest BCUT2D eigenvalue weighted by atomic mass is 10.3. The molecule has 3 rings (SSSR count). The molecule has 1 aliphatic rings. The van der Waals surface area contributed by atoms with Gasteiger partial charge >= 0.3 is 0 Å². The molecule has 0 bridgehead atoms. The second-order valence-corrected chi connectivity index (χ2v) is 7.23. The molecule has 25 heavy (non-hydrogen) atoms. The SMILES string of the molecule is S=C(Nc1cccc(Br)c1)N1CCN(CCOc2ccccc2)CC1. The number of thiocarbonyl (C=S) groups is 1. The lowest BCUT2D eigenvalue weighted by molar-refractivity contribution is 0.155. The second kappa shape index (κ2) is 9.17. The molecular formula is C19H22BrN3OS. The maximum atomic E-state index is 5.78. The molecule has 0 unspecified atom stereocenters. The minimum Gasteiger partial charge on any atom is -0.492 e. The Morgan fingerprint density at radius 3 is 2.52 bits per heavy atom. The van der Waals surface area contributed by atoms with Crippen LogP contribution in [-0.2, 0) is 0 Å². The van der Waals surface area contributed by atoms with Crippen molar-refractivity contribution in [1.82, 2.24) is 9.80 Å². The van der Waals surface area contributed by atoms with Gasteiger partial charge in [-0.2, -0.15) is 0 Å². The van der Waals surface area contributed by atoms with Gasteiger partial charge in [0.15, 0.2) is 5.11 Å². The lowest BCUT2D eigenvalue weighted by Crippen LogP contribution is -2.50. The van der Waals surface area contributed by atoms with Crippen molar-refractivity contribution in [2.24, 2.45) is 0 Å². The van der Waals surface area contributed by atoms with Crippen LogP contribution in [0.3, 0.4) is 0 Å². The standard InChI is InChI=1S/C19H22BrN3OS/c20-16-5-4-6-17(15-16)21-19(25)23-11-9-22(10-12-23)13-14-24-18-7-2-1-3-8-18/h1-8,15H,9-14H2,(H,21,25). The molecule has 0 amide bonds. The Morgan fingerprint density at radius 1 is 1.04 bits per heavy atom. The maximum absolute atomic E-state index is 5.78. The molecule has 0 radical (unpaired) electrons. The number of rotatable bonds is 5. The monoisotopic (exact) mass is 419 g/mol. The summed E-state index contributed by atoms with van der Waals surface area (Å²) in [5, 5.41) is 4.11. The molecule has 0 atom stereocenters. The van der Waals surface area contributed by atoms with E-state index < -0.39 is 0 Å². The summed E-state index contributed by atoms with van der Waals surface area (Å²) >= 11 is 9.03. The molecule has 1 N–H and O–H groups in total. The first kappa shape index (κ1) is 18.2. The number of anilines is 1. The van der Waals surface area contributed by atoms with Crippen LogP contribution in [0, 0.1) is 0 Å². The predicted molar refractivity (Wildman–Crippen MR) is 110 cm³/mol. The summed E-state index contributed by atoms with van der Waals surface area (Å²) in [5.74, 6) is 0.931. The highest BCUT2D eigenvalue weighted by Crippen LogP contribution is 2.16. The number of halogens is 1. The van der Waals surface area contributed by atoms with Crippen LogP contribution in [0.1, 0.15) is 0 Å². The Hall–Kier alpha value is -1.63. The molecule has 2 aromatic carbocycles. The summed E-state index contributed by atoms with van der Waals surface area (Å²) in [6.07, 6.45) is 0. The summed E-state index contributed by atoms with van der Waals surface area (Å²) in [6.45, 7) is 5.52. The van der Waals surface area contributed by atoms with Crippen LogP contribution in [0.5, 0.6) is 5.75 Å². The van der Waals surface area contributed by atoms with Crippen molar-refractivity contribution < 1.29 is 4.74 Å². The van der Waals surface area contributed by atoms with E-state index in [1.165, 1.54) is 0 Å². The van der Waals surface area contributed by atoms with Gasteiger partial charge in [-0.1, -0.05) is 40.2 Å². The van der Waals surface area contributed by atoms with Gasteiger partial charge in [-0.15, -0.1) is 0 Å². The third kappa shape index (κ3) is 5.70. The summed E-state index contributed by atoms with van der Waals surface area (Å²) < 4.78 is 6.82. The van der Waals surface area contributed by atoms with Crippen molar-refractivity contribution in [3.05, 3.63) is 59.1 Å². The van der Waals surface area contributed by atoms with Crippen LogP contribution < -0.4 is 10.1 Å². The van der Waals surface area contributed by atoms with Crippen LogP contribution in [0.25, 0.3) is 0 Å². The van der Waals surface area contributed by atoms with E-state index in [9.17, 15) is 0 Å². The molecule has 1 heterocycles. The molecule has 0 spiro atoms. The normalized spacial score (nSPS) is 15.0. The summed E-state index contributed by atoms with van der Waals surface area (Å²) in [7, 11) is 0. The van der Waals surface area contributed by atoms with Crippen LogP contribution in [0.15, 0.2) is 59.1 Å². The van der Waals surface area contributed by atoms with E-state index in [1.807, 2.05) is 54.6 Å². The first-order valence-electron chi connectivity index (χ1n) is 8.42. The molecular weight excluding hydrogens is 398 g/mol. The van der Waals surface area contributed by atoms with Crippen molar-refractivity contribution in [2.45, 2.75) is 0 Å². The first-order chi connectivity index (χ1) is 12.2. The fourth-order valence-corrected chi connectivity index (χ4v) is 3.45. The molecule has 1 fully saturated rings. The van der Waals surface area contributed by atoms with E-state index in [1.54, 1.807) is 0 Å². The lowest BCUT2D eigenvalue weighted by Gasteiger charge is -2.36. The Balaban J connectivity index is 1.38. The van der Waals surface area contributed by atoms with Gasteiger partial charge < -0.3 is 15.0 Å². The van der Waals surface area contributed by atoms with Gasteiger partial charge in [0, 0.05) is 42.9 Å². The molecule has 0 aromatic heterocycles. The zero-order valence-corrected chi connectivity index (χ0v) is 16.4. The quantitative estimate of drug-likeness (QED) is 0.743. The number of ether oxygens (including phenoxy) is 1. The fraction of sp³-hybridized carbons (Fsp3) is 0.316. The van der Waals surface area contributed by atoms with Crippen LogP contribution >= 0.6 is 28.1 Å². The Kier molecular flexibility index (Phi) is 6.67. The summed E-state index contributed by atoms with van der Waals surface area (Å²) in [4.78, 5) is 4.64. The Morgan fingerprint density at radius 2 is 1.80 bits per heavy atom. The van der Waals surface area contributed by atoms with Crippen LogP contribution in [0.2, 0.25) is 0 Å². The Bertz CT molecular complexity index is 690. The zero-order chi connectivity index (χ0) is 17.5. The number of nitrogens with zero attached hydrogens (tertiary/aromatic N) is 2. The van der Waals surface area contributed by atoms with Crippen molar-refractivity contribution in [2.75, 3.05) is 44.6 Å². The fourth-order valence-electron chi connectivity index (χ4n) is 2.75. The van der Waals surface area contributed by atoms with Gasteiger partial charge in [-0.05, 0) is 42.5 Å². The number of hydrogen-bond donors (Lipinski definition) is 1. The number of benzene rings is 2. The highest BCUT2D eigenvalue weighted by atomic mass is 79.9. The van der Waals surface area contributed by atoms with E-state index in [-0.39, 0.29) is 0 Å². The van der Waals surface area contributed by atoms with E-state index in [4.69, 9.17) is 17.0 Å². The second-order valence-electron chi connectivity index (χ2n) is 5.93. The molecule has 4 nitrogen and oxygen atoms in total. The van der Waals surface area contributed by atoms with E-state index in [0.29, 0.717) is 6.61 Å². The third-order valence-electron chi connectivity index (χ3n) is 4.15. The van der Waals surface area contributed by atoms with Gasteiger partial charge in [0.1, 0.15) is 12.4 Å². The smallest absolute Gasteiger partial charge is 0.173 e. The molecule has 132 valence electrons. The molecule has 1 saturated heterocycles. The topological polar surface area (TPSA) is 27.7 Å². The molecule has 2 aromatic rings. The number of piperazine rings is 1. The summed E-state index contributed by atoms with van der Waals surface area (Å²) in [5.41, 5.74) is 1.01. The third-order valence-corrected chi connectivity index (χ3v) is 5.01. The zero-order valence-electron chi connectivity index (χ0n) is 14.0. The molecule has 0 aliphatic carbocycles. The van der Waals surface area contributed by atoms with Crippen molar-refractivity contribution in [3.8, 4) is 5.75 Å². The molecule has 1 aliphatic heterocycles. The van der Waals surface area contributed by atoms with Crippen LogP contribution in [0.4, 0.5) is 5.69 Å². The largest absolute Gasteiger partial charge is 0.492 e. The number of nitrogens with one attached hydrogen (secondary N) is 1. The average molecular weight is 420 g/mol. The predicted octanol–water partition coefficient (Wildman–Crippen LogP) is 3.84. The Labute approximate surface area is 162 Å². The minimum absolute atomic E-state index is 0.713. The van der Waals surface area contributed by atoms with Gasteiger partial charge in [0.05, 0.1) is 0 Å². The minimum atomic E-state index is 0.713. The van der Waals surface area contributed by atoms with Gasteiger partial charge in [-0.25, -0.2) is 0 Å².